The van der Waals surface area contributed by atoms with Crippen molar-refractivity contribution in [3.05, 3.63) is 12.7 Å². The summed E-state index contributed by atoms with van der Waals surface area (Å²) in [7, 11) is 0. The molecule has 1 spiro atoms. The first kappa shape index (κ1) is 13.3. The van der Waals surface area contributed by atoms with Crippen LogP contribution in [0.5, 0.6) is 0 Å². The number of carbonyl (C=O) groups excluding carboxylic acids is 1. The number of rotatable bonds is 2. The predicted molar refractivity (Wildman–Crippen MR) is 72.6 cm³/mol. The van der Waals surface area contributed by atoms with Crippen LogP contribution >= 0.6 is 0 Å². The number of hydrogen-bond donors (Lipinski definition) is 0. The molecule has 3 nitrogen and oxygen atoms in total. The van der Waals surface area contributed by atoms with E-state index in [0.717, 1.165) is 19.3 Å². The summed E-state index contributed by atoms with van der Waals surface area (Å²) in [5.41, 5.74) is 0.0433. The van der Waals surface area contributed by atoms with Gasteiger partial charge < -0.3 is 9.47 Å². The zero-order chi connectivity index (χ0) is 13.7. The number of fused-ring (bicyclic) bond motifs is 2. The highest BCUT2D eigenvalue weighted by molar-refractivity contribution is 5.83. The Hall–Kier alpha value is -0.670. The highest BCUT2D eigenvalue weighted by Crippen LogP contribution is 2.62. The van der Waals surface area contributed by atoms with Crippen LogP contribution in [0.1, 0.15) is 39.5 Å². The standard InChI is InChI=1S/C16H24O3/c1-4-5-12-11(2)13(17)10-15(3)6-7-16(14(12)15)18-8-9-19-16/h4,11-12,14H,1,5-10H2,2-3H3/t11-,12-,14+,15-/m0/s1. The lowest BCUT2D eigenvalue weighted by Gasteiger charge is -2.48. The van der Waals surface area contributed by atoms with Crippen molar-refractivity contribution in [2.45, 2.75) is 45.3 Å². The lowest BCUT2D eigenvalue weighted by molar-refractivity contribution is -0.216. The number of hydrogen-bond acceptors (Lipinski definition) is 3. The van der Waals surface area contributed by atoms with Crippen LogP contribution in [0.15, 0.2) is 12.7 Å². The topological polar surface area (TPSA) is 35.5 Å². The largest absolute Gasteiger partial charge is 0.347 e. The summed E-state index contributed by atoms with van der Waals surface area (Å²) < 4.78 is 12.1. The van der Waals surface area contributed by atoms with Crippen molar-refractivity contribution in [1.82, 2.24) is 0 Å². The Morgan fingerprint density at radius 2 is 2.05 bits per heavy atom. The third kappa shape index (κ3) is 1.82. The molecule has 3 aliphatic rings. The molecule has 4 atom stereocenters. The number of ether oxygens (including phenoxy) is 2. The Balaban J connectivity index is 2.00. The third-order valence-electron chi connectivity index (χ3n) is 5.64. The van der Waals surface area contributed by atoms with Gasteiger partial charge >= 0.3 is 0 Å². The van der Waals surface area contributed by atoms with Crippen LogP contribution in [0, 0.1) is 23.2 Å². The van der Waals surface area contributed by atoms with Gasteiger partial charge in [-0.2, -0.15) is 0 Å². The lowest BCUT2D eigenvalue weighted by Crippen LogP contribution is -2.51. The van der Waals surface area contributed by atoms with Gasteiger partial charge in [0.2, 0.25) is 0 Å². The van der Waals surface area contributed by atoms with E-state index in [9.17, 15) is 4.79 Å². The van der Waals surface area contributed by atoms with E-state index in [1.54, 1.807) is 0 Å². The normalized spacial score (nSPS) is 44.5. The molecule has 0 radical (unpaired) electrons. The average molecular weight is 264 g/mol. The third-order valence-corrected chi connectivity index (χ3v) is 5.64. The van der Waals surface area contributed by atoms with Gasteiger partial charge in [0.05, 0.1) is 13.2 Å². The quantitative estimate of drug-likeness (QED) is 0.719. The summed E-state index contributed by atoms with van der Waals surface area (Å²) in [5.74, 6) is 0.717. The van der Waals surface area contributed by atoms with Crippen molar-refractivity contribution in [2.75, 3.05) is 13.2 Å². The molecular weight excluding hydrogens is 240 g/mol. The first-order valence-corrected chi connectivity index (χ1v) is 7.44. The Labute approximate surface area is 115 Å². The molecule has 3 heteroatoms. The van der Waals surface area contributed by atoms with E-state index in [0.29, 0.717) is 37.3 Å². The van der Waals surface area contributed by atoms with E-state index in [2.05, 4.69) is 20.4 Å². The molecule has 0 amide bonds. The van der Waals surface area contributed by atoms with Gasteiger partial charge in [0.15, 0.2) is 5.79 Å². The highest BCUT2D eigenvalue weighted by atomic mass is 16.7. The summed E-state index contributed by atoms with van der Waals surface area (Å²) in [6.07, 6.45) is 5.47. The zero-order valence-corrected chi connectivity index (χ0v) is 12.0. The van der Waals surface area contributed by atoms with Crippen molar-refractivity contribution in [1.29, 1.82) is 0 Å². The summed E-state index contributed by atoms with van der Waals surface area (Å²) >= 11 is 0. The maximum Gasteiger partial charge on any atom is 0.172 e. The fourth-order valence-electron chi connectivity index (χ4n) is 4.76. The van der Waals surface area contributed by atoms with Crippen molar-refractivity contribution in [2.24, 2.45) is 23.2 Å². The molecule has 0 aromatic carbocycles. The summed E-state index contributed by atoms with van der Waals surface area (Å²) in [4.78, 5) is 12.3. The van der Waals surface area contributed by atoms with Crippen LogP contribution in [0.25, 0.3) is 0 Å². The van der Waals surface area contributed by atoms with Crippen molar-refractivity contribution < 1.29 is 14.3 Å². The van der Waals surface area contributed by atoms with Crippen LogP contribution in [-0.4, -0.2) is 24.8 Å². The second-order valence-corrected chi connectivity index (χ2v) is 6.76. The summed E-state index contributed by atoms with van der Waals surface area (Å²) in [5, 5.41) is 0. The fraction of sp³-hybridized carbons (Fsp3) is 0.812. The van der Waals surface area contributed by atoms with E-state index in [1.807, 2.05) is 6.08 Å². The Kier molecular flexibility index (Phi) is 3.10. The average Bonchev–Trinajstić information content (AvgIpc) is 2.93. The molecule has 19 heavy (non-hydrogen) atoms. The smallest absolute Gasteiger partial charge is 0.172 e. The van der Waals surface area contributed by atoms with E-state index >= 15 is 0 Å². The van der Waals surface area contributed by atoms with Gasteiger partial charge in [-0.15, -0.1) is 6.58 Å². The second-order valence-electron chi connectivity index (χ2n) is 6.76. The maximum atomic E-state index is 12.3. The highest BCUT2D eigenvalue weighted by Gasteiger charge is 2.64. The minimum Gasteiger partial charge on any atom is -0.347 e. The first-order valence-electron chi connectivity index (χ1n) is 7.44. The van der Waals surface area contributed by atoms with E-state index in [4.69, 9.17) is 9.47 Å². The second kappa shape index (κ2) is 4.42. The van der Waals surface area contributed by atoms with Gasteiger partial charge in [-0.1, -0.05) is 19.9 Å². The molecule has 1 heterocycles. The van der Waals surface area contributed by atoms with Gasteiger partial charge in [-0.25, -0.2) is 0 Å². The van der Waals surface area contributed by atoms with Gasteiger partial charge in [0.1, 0.15) is 5.78 Å². The molecule has 0 bridgehead atoms. The first-order chi connectivity index (χ1) is 9.02. The molecule has 0 aromatic rings. The number of ketones is 1. The molecule has 2 saturated carbocycles. The van der Waals surface area contributed by atoms with Crippen LogP contribution in [0.2, 0.25) is 0 Å². The SMILES string of the molecule is C=CC[C@H]1[C@H](C)C(=O)C[C@]2(C)CCC3(OCCO3)[C@H]12. The zero-order valence-electron chi connectivity index (χ0n) is 12.0. The maximum absolute atomic E-state index is 12.3. The summed E-state index contributed by atoms with van der Waals surface area (Å²) in [6, 6.07) is 0. The molecule has 0 N–H and O–H groups in total. The Morgan fingerprint density at radius 1 is 1.37 bits per heavy atom. The van der Waals surface area contributed by atoms with Crippen molar-refractivity contribution in [3.8, 4) is 0 Å². The molecule has 0 unspecified atom stereocenters. The van der Waals surface area contributed by atoms with Crippen LogP contribution in [-0.2, 0) is 14.3 Å². The monoisotopic (exact) mass is 264 g/mol. The van der Waals surface area contributed by atoms with Crippen LogP contribution in [0.3, 0.4) is 0 Å². The van der Waals surface area contributed by atoms with Crippen LogP contribution in [0.4, 0.5) is 0 Å². The number of carbonyl (C=O) groups is 1. The summed E-state index contributed by atoms with van der Waals surface area (Å²) in [6.45, 7) is 9.57. The predicted octanol–water partition coefficient (Wildman–Crippen LogP) is 2.95. The Morgan fingerprint density at radius 3 is 2.68 bits per heavy atom. The molecule has 1 saturated heterocycles. The molecule has 0 aromatic heterocycles. The molecule has 1 aliphatic heterocycles. The van der Waals surface area contributed by atoms with Crippen molar-refractivity contribution in [3.63, 3.8) is 0 Å². The lowest BCUT2D eigenvalue weighted by atomic mass is 9.58. The van der Waals surface area contributed by atoms with Gasteiger partial charge in [-0.3, -0.25) is 4.79 Å². The van der Waals surface area contributed by atoms with Crippen molar-refractivity contribution >= 4 is 5.78 Å². The van der Waals surface area contributed by atoms with Gasteiger partial charge in [0, 0.05) is 24.7 Å². The van der Waals surface area contributed by atoms with E-state index in [1.165, 1.54) is 0 Å². The molecule has 106 valence electrons. The van der Waals surface area contributed by atoms with E-state index < -0.39 is 5.79 Å². The molecule has 3 rings (SSSR count). The fourth-order valence-corrected chi connectivity index (χ4v) is 4.76. The number of Topliss-reactive ketones (excluding diaryl/α,β-unsaturated/α-hetero) is 1. The molecule has 3 fully saturated rings. The van der Waals surface area contributed by atoms with Crippen LogP contribution < -0.4 is 0 Å². The minimum atomic E-state index is -0.419. The number of allylic oxidation sites excluding steroid dienone is 1. The minimum absolute atomic E-state index is 0.0433. The molecule has 2 aliphatic carbocycles. The van der Waals surface area contributed by atoms with E-state index in [-0.39, 0.29) is 11.3 Å². The molecular formula is C16H24O3. The van der Waals surface area contributed by atoms with Gasteiger partial charge in [0.25, 0.3) is 0 Å². The van der Waals surface area contributed by atoms with Gasteiger partial charge in [-0.05, 0) is 24.2 Å². The Bertz CT molecular complexity index is 397.